The highest BCUT2D eigenvalue weighted by Crippen LogP contribution is 2.24. The zero-order valence-corrected chi connectivity index (χ0v) is 8.82. The molecular weight excluding hydrogens is 190 g/mol. The number of phenols is 1. The highest BCUT2D eigenvalue weighted by Gasteiger charge is 2.08. The van der Waals surface area contributed by atoms with Crippen molar-refractivity contribution in [3.63, 3.8) is 0 Å². The van der Waals surface area contributed by atoms with E-state index in [2.05, 4.69) is 5.92 Å². The van der Waals surface area contributed by atoms with Crippen molar-refractivity contribution < 1.29 is 9.90 Å². The van der Waals surface area contributed by atoms with E-state index in [-0.39, 0.29) is 11.5 Å². The third-order valence-electron chi connectivity index (χ3n) is 2.13. The number of hydrogen-bond donors (Lipinski definition) is 1. The van der Waals surface area contributed by atoms with Crippen molar-refractivity contribution in [3.8, 4) is 18.1 Å². The monoisotopic (exact) mass is 203 g/mol. The Balaban J connectivity index is 3.02. The van der Waals surface area contributed by atoms with Crippen LogP contribution in [0.3, 0.4) is 0 Å². The van der Waals surface area contributed by atoms with Gasteiger partial charge in [0.15, 0.2) is 5.78 Å². The van der Waals surface area contributed by atoms with Crippen molar-refractivity contribution in [2.75, 3.05) is 18.5 Å². The Bertz CT molecular complexity index is 418. The molecule has 0 saturated heterocycles. The third kappa shape index (κ3) is 2.50. The molecule has 1 aromatic rings. The van der Waals surface area contributed by atoms with E-state index in [0.29, 0.717) is 12.1 Å². The van der Waals surface area contributed by atoms with E-state index in [1.54, 1.807) is 12.1 Å². The fourth-order valence-electron chi connectivity index (χ4n) is 1.28. The van der Waals surface area contributed by atoms with Gasteiger partial charge in [0, 0.05) is 18.8 Å². The zero-order chi connectivity index (χ0) is 11.4. The van der Waals surface area contributed by atoms with Gasteiger partial charge in [0.1, 0.15) is 5.75 Å². The smallest absolute Gasteiger partial charge is 0.163 e. The van der Waals surface area contributed by atoms with Crippen LogP contribution in [0.2, 0.25) is 0 Å². The highest BCUT2D eigenvalue weighted by atomic mass is 16.3. The van der Waals surface area contributed by atoms with Crippen molar-refractivity contribution in [3.05, 3.63) is 23.8 Å². The fourth-order valence-corrected chi connectivity index (χ4v) is 1.28. The summed E-state index contributed by atoms with van der Waals surface area (Å²) in [6, 6.07) is 4.89. The van der Waals surface area contributed by atoms with E-state index in [1.165, 1.54) is 13.0 Å². The van der Waals surface area contributed by atoms with Gasteiger partial charge < -0.3 is 10.0 Å². The van der Waals surface area contributed by atoms with E-state index in [0.717, 1.165) is 5.69 Å². The van der Waals surface area contributed by atoms with Gasteiger partial charge in [-0.3, -0.25) is 4.79 Å². The van der Waals surface area contributed by atoms with Gasteiger partial charge in [-0.25, -0.2) is 0 Å². The second kappa shape index (κ2) is 4.52. The number of carbonyl (C=O) groups excluding carboxylic acids is 1. The molecule has 78 valence electrons. The summed E-state index contributed by atoms with van der Waals surface area (Å²) in [7, 11) is 1.82. The summed E-state index contributed by atoms with van der Waals surface area (Å²) in [5.74, 6) is 2.34. The van der Waals surface area contributed by atoms with E-state index in [9.17, 15) is 9.90 Å². The first-order chi connectivity index (χ1) is 7.06. The summed E-state index contributed by atoms with van der Waals surface area (Å²) in [6.45, 7) is 1.87. The number of anilines is 1. The van der Waals surface area contributed by atoms with E-state index < -0.39 is 0 Å². The second-order valence-corrected chi connectivity index (χ2v) is 3.32. The number of hydrogen-bond acceptors (Lipinski definition) is 3. The molecule has 0 aliphatic carbocycles. The first-order valence-corrected chi connectivity index (χ1v) is 4.55. The molecule has 0 radical (unpaired) electrons. The van der Waals surface area contributed by atoms with Crippen molar-refractivity contribution in [2.45, 2.75) is 6.92 Å². The maximum atomic E-state index is 11.1. The predicted molar refractivity (Wildman–Crippen MR) is 60.2 cm³/mol. The number of rotatable bonds is 3. The Kier molecular flexibility index (Phi) is 3.35. The lowest BCUT2D eigenvalue weighted by Gasteiger charge is -2.16. The van der Waals surface area contributed by atoms with Gasteiger partial charge in [-0.1, -0.05) is 5.92 Å². The Morgan fingerprint density at radius 1 is 1.60 bits per heavy atom. The number of terminal acetylenes is 1. The van der Waals surface area contributed by atoms with Crippen molar-refractivity contribution in [1.29, 1.82) is 0 Å². The predicted octanol–water partition coefficient (Wildman–Crippen LogP) is 1.66. The molecule has 3 nitrogen and oxygen atoms in total. The molecular formula is C12H13NO2. The summed E-state index contributed by atoms with van der Waals surface area (Å²) in [6.07, 6.45) is 5.17. The number of Topliss-reactive ketones (excluding diaryl/α,β-unsaturated/α-hetero) is 1. The van der Waals surface area contributed by atoms with Gasteiger partial charge in [-0.15, -0.1) is 6.42 Å². The average molecular weight is 203 g/mol. The topological polar surface area (TPSA) is 40.5 Å². The van der Waals surface area contributed by atoms with Crippen LogP contribution in [0.5, 0.6) is 5.75 Å². The summed E-state index contributed by atoms with van der Waals surface area (Å²) in [5.41, 5.74) is 1.11. The summed E-state index contributed by atoms with van der Waals surface area (Å²) in [5, 5.41) is 9.58. The lowest BCUT2D eigenvalue weighted by Crippen LogP contribution is -2.16. The minimum absolute atomic E-state index is 0.0103. The van der Waals surface area contributed by atoms with Gasteiger partial charge in [-0.2, -0.15) is 0 Å². The van der Waals surface area contributed by atoms with Crippen LogP contribution < -0.4 is 4.90 Å². The minimum atomic E-state index is -0.154. The molecule has 0 aromatic heterocycles. The molecule has 0 unspecified atom stereocenters. The van der Waals surface area contributed by atoms with Gasteiger partial charge >= 0.3 is 0 Å². The molecule has 0 aliphatic heterocycles. The second-order valence-electron chi connectivity index (χ2n) is 3.32. The summed E-state index contributed by atoms with van der Waals surface area (Å²) in [4.78, 5) is 12.9. The number of ketones is 1. The van der Waals surface area contributed by atoms with Gasteiger partial charge in [-0.05, 0) is 19.1 Å². The van der Waals surface area contributed by atoms with E-state index in [4.69, 9.17) is 6.42 Å². The fraction of sp³-hybridized carbons (Fsp3) is 0.250. The van der Waals surface area contributed by atoms with Crippen LogP contribution in [0.1, 0.15) is 17.3 Å². The number of benzene rings is 1. The van der Waals surface area contributed by atoms with Crippen molar-refractivity contribution in [2.24, 2.45) is 0 Å². The number of phenolic OH excluding ortho intramolecular Hbond substituents is 1. The van der Waals surface area contributed by atoms with Gasteiger partial charge in [0.05, 0.1) is 12.1 Å². The Morgan fingerprint density at radius 2 is 2.27 bits per heavy atom. The number of nitrogens with zero attached hydrogens (tertiary/aromatic N) is 1. The van der Waals surface area contributed by atoms with Crippen LogP contribution in [0.15, 0.2) is 18.2 Å². The standard InChI is InChI=1S/C12H13NO2/c1-4-7-13(3)10-5-6-11(9(2)14)12(15)8-10/h1,5-6,8,15H,7H2,2-3H3. The molecule has 15 heavy (non-hydrogen) atoms. The van der Waals surface area contributed by atoms with Gasteiger partial charge in [0.2, 0.25) is 0 Å². The SMILES string of the molecule is C#CCN(C)c1ccc(C(C)=O)c(O)c1. The summed E-state index contributed by atoms with van der Waals surface area (Å²) < 4.78 is 0. The molecule has 1 N–H and O–H groups in total. The summed E-state index contributed by atoms with van der Waals surface area (Å²) >= 11 is 0. The van der Waals surface area contributed by atoms with Crippen LogP contribution in [0, 0.1) is 12.3 Å². The van der Waals surface area contributed by atoms with Crippen LogP contribution in [-0.4, -0.2) is 24.5 Å². The van der Waals surface area contributed by atoms with Crippen LogP contribution >= 0.6 is 0 Å². The molecule has 0 saturated carbocycles. The van der Waals surface area contributed by atoms with Gasteiger partial charge in [0.25, 0.3) is 0 Å². The molecule has 3 heteroatoms. The Hall–Kier alpha value is -1.95. The number of carbonyl (C=O) groups is 1. The Morgan fingerprint density at radius 3 is 2.73 bits per heavy atom. The molecule has 1 aromatic carbocycles. The normalized spacial score (nSPS) is 9.40. The average Bonchev–Trinajstić information content (AvgIpc) is 2.17. The van der Waals surface area contributed by atoms with Crippen molar-refractivity contribution >= 4 is 11.5 Å². The van der Waals surface area contributed by atoms with E-state index >= 15 is 0 Å². The van der Waals surface area contributed by atoms with Crippen LogP contribution in [0.25, 0.3) is 0 Å². The largest absolute Gasteiger partial charge is 0.507 e. The highest BCUT2D eigenvalue weighted by molar-refractivity contribution is 5.97. The molecule has 0 aliphatic rings. The Labute approximate surface area is 89.3 Å². The first-order valence-electron chi connectivity index (χ1n) is 4.55. The molecule has 0 amide bonds. The molecule has 0 atom stereocenters. The molecule has 0 heterocycles. The van der Waals surface area contributed by atoms with Crippen LogP contribution in [-0.2, 0) is 0 Å². The molecule has 1 rings (SSSR count). The number of aromatic hydroxyl groups is 1. The zero-order valence-electron chi connectivity index (χ0n) is 8.82. The maximum Gasteiger partial charge on any atom is 0.163 e. The molecule has 0 fully saturated rings. The minimum Gasteiger partial charge on any atom is -0.507 e. The van der Waals surface area contributed by atoms with Crippen LogP contribution in [0.4, 0.5) is 5.69 Å². The molecule has 0 bridgehead atoms. The third-order valence-corrected chi connectivity index (χ3v) is 2.13. The maximum absolute atomic E-state index is 11.1. The lowest BCUT2D eigenvalue weighted by molar-refractivity contribution is 0.101. The first kappa shape index (κ1) is 11.1. The van der Waals surface area contributed by atoms with Crippen molar-refractivity contribution in [1.82, 2.24) is 0 Å². The molecule has 0 spiro atoms. The van der Waals surface area contributed by atoms with E-state index in [1.807, 2.05) is 11.9 Å². The lowest BCUT2D eigenvalue weighted by atomic mass is 10.1. The quantitative estimate of drug-likeness (QED) is 0.600.